The molecule has 4 nitrogen and oxygen atoms in total. The summed E-state index contributed by atoms with van der Waals surface area (Å²) in [6, 6.07) is 10.7. The predicted octanol–water partition coefficient (Wildman–Crippen LogP) is 4.37. The summed E-state index contributed by atoms with van der Waals surface area (Å²) in [6.45, 7) is 5.20. The van der Waals surface area contributed by atoms with E-state index in [1.807, 2.05) is 24.0 Å². The molecule has 1 aliphatic heterocycles. The van der Waals surface area contributed by atoms with E-state index in [9.17, 15) is 18.0 Å². The summed E-state index contributed by atoms with van der Waals surface area (Å²) in [7, 11) is 1.58. The molecule has 1 saturated heterocycles. The van der Waals surface area contributed by atoms with Crippen molar-refractivity contribution in [1.82, 2.24) is 9.80 Å². The standard InChI is InChI=1S/C22H25F3N2O2/c1-16-4-7-18(14-20(16)29-2)21(28)27-11-3-10-26(12-13-27)15-17-5-8-19(9-6-17)22(23,24)25/h4-9,14H,3,10-13,15H2,1-2H3. The zero-order valence-corrected chi connectivity index (χ0v) is 16.6. The summed E-state index contributed by atoms with van der Waals surface area (Å²) in [6.07, 6.45) is -3.50. The number of carbonyl (C=O) groups excluding carboxylic acids is 1. The molecular weight excluding hydrogens is 381 g/mol. The number of hydrogen-bond donors (Lipinski definition) is 0. The van der Waals surface area contributed by atoms with Gasteiger partial charge in [-0.1, -0.05) is 18.2 Å². The van der Waals surface area contributed by atoms with Crippen LogP contribution in [0.25, 0.3) is 0 Å². The Morgan fingerprint density at radius 3 is 2.41 bits per heavy atom. The van der Waals surface area contributed by atoms with E-state index in [0.717, 1.165) is 36.2 Å². The van der Waals surface area contributed by atoms with E-state index >= 15 is 0 Å². The van der Waals surface area contributed by atoms with Gasteiger partial charge in [0.1, 0.15) is 5.75 Å². The zero-order valence-electron chi connectivity index (χ0n) is 16.6. The van der Waals surface area contributed by atoms with E-state index in [4.69, 9.17) is 4.74 Å². The monoisotopic (exact) mass is 406 g/mol. The van der Waals surface area contributed by atoms with Gasteiger partial charge >= 0.3 is 6.18 Å². The van der Waals surface area contributed by atoms with Gasteiger partial charge in [-0.15, -0.1) is 0 Å². The zero-order chi connectivity index (χ0) is 21.0. The molecule has 2 aromatic rings. The Kier molecular flexibility index (Phi) is 6.47. The van der Waals surface area contributed by atoms with Crippen molar-refractivity contribution in [3.63, 3.8) is 0 Å². The van der Waals surface area contributed by atoms with E-state index in [-0.39, 0.29) is 5.91 Å². The highest BCUT2D eigenvalue weighted by Crippen LogP contribution is 2.29. The average Bonchev–Trinajstić information content (AvgIpc) is 2.93. The Balaban J connectivity index is 1.61. The van der Waals surface area contributed by atoms with Crippen LogP contribution >= 0.6 is 0 Å². The summed E-state index contributed by atoms with van der Waals surface area (Å²) in [4.78, 5) is 16.9. The van der Waals surface area contributed by atoms with Crippen LogP contribution in [-0.2, 0) is 12.7 Å². The number of methoxy groups -OCH3 is 1. The fraction of sp³-hybridized carbons (Fsp3) is 0.409. The van der Waals surface area contributed by atoms with Gasteiger partial charge in [0, 0.05) is 38.3 Å². The molecule has 7 heteroatoms. The van der Waals surface area contributed by atoms with Crippen LogP contribution in [0.1, 0.15) is 33.5 Å². The molecule has 3 rings (SSSR count). The quantitative estimate of drug-likeness (QED) is 0.756. The van der Waals surface area contributed by atoms with Crippen LogP contribution in [0.15, 0.2) is 42.5 Å². The van der Waals surface area contributed by atoms with Crippen LogP contribution in [0.5, 0.6) is 5.75 Å². The molecule has 0 radical (unpaired) electrons. The lowest BCUT2D eigenvalue weighted by Gasteiger charge is -2.22. The second kappa shape index (κ2) is 8.86. The number of benzene rings is 2. The number of halogens is 3. The first-order valence-electron chi connectivity index (χ1n) is 9.60. The molecule has 1 aliphatic rings. The lowest BCUT2D eigenvalue weighted by Crippen LogP contribution is -2.35. The third kappa shape index (κ3) is 5.29. The molecule has 0 aliphatic carbocycles. The SMILES string of the molecule is COc1cc(C(=O)N2CCCN(Cc3ccc(C(F)(F)F)cc3)CC2)ccc1C. The Bertz CT molecular complexity index is 850. The molecule has 0 atom stereocenters. The Morgan fingerprint density at radius 2 is 1.76 bits per heavy atom. The largest absolute Gasteiger partial charge is 0.496 e. The highest BCUT2D eigenvalue weighted by molar-refractivity contribution is 5.94. The molecule has 1 fully saturated rings. The van der Waals surface area contributed by atoms with Crippen LogP contribution in [-0.4, -0.2) is 49.0 Å². The molecule has 0 unspecified atom stereocenters. The van der Waals surface area contributed by atoms with Gasteiger partial charge in [-0.05, 0) is 48.7 Å². The molecule has 0 bridgehead atoms. The van der Waals surface area contributed by atoms with Gasteiger partial charge in [0.15, 0.2) is 0 Å². The van der Waals surface area contributed by atoms with Crippen molar-refractivity contribution < 1.29 is 22.7 Å². The van der Waals surface area contributed by atoms with Gasteiger partial charge in [-0.3, -0.25) is 9.69 Å². The van der Waals surface area contributed by atoms with E-state index in [1.165, 1.54) is 12.1 Å². The van der Waals surface area contributed by atoms with Gasteiger partial charge in [0.05, 0.1) is 12.7 Å². The Hall–Kier alpha value is -2.54. The smallest absolute Gasteiger partial charge is 0.416 e. The molecule has 0 N–H and O–H groups in total. The van der Waals surface area contributed by atoms with Gasteiger partial charge in [-0.25, -0.2) is 0 Å². The van der Waals surface area contributed by atoms with Crippen molar-refractivity contribution in [3.05, 3.63) is 64.7 Å². The van der Waals surface area contributed by atoms with Crippen molar-refractivity contribution in [1.29, 1.82) is 0 Å². The van der Waals surface area contributed by atoms with E-state index in [1.54, 1.807) is 13.2 Å². The number of hydrogen-bond acceptors (Lipinski definition) is 3. The molecule has 29 heavy (non-hydrogen) atoms. The number of carbonyl (C=O) groups is 1. The fourth-order valence-corrected chi connectivity index (χ4v) is 3.53. The summed E-state index contributed by atoms with van der Waals surface area (Å²) < 4.78 is 43.4. The topological polar surface area (TPSA) is 32.8 Å². The van der Waals surface area contributed by atoms with Crippen molar-refractivity contribution in [3.8, 4) is 5.75 Å². The number of nitrogens with zero attached hydrogens (tertiary/aromatic N) is 2. The minimum absolute atomic E-state index is 0.0281. The Morgan fingerprint density at radius 1 is 1.03 bits per heavy atom. The fourth-order valence-electron chi connectivity index (χ4n) is 3.53. The normalized spacial score (nSPS) is 15.8. The second-order valence-electron chi connectivity index (χ2n) is 7.30. The minimum atomic E-state index is -4.32. The Labute approximate surface area is 168 Å². The van der Waals surface area contributed by atoms with Crippen molar-refractivity contribution in [2.75, 3.05) is 33.3 Å². The summed E-state index contributed by atoms with van der Waals surface area (Å²) >= 11 is 0. The molecule has 156 valence electrons. The number of alkyl halides is 3. The summed E-state index contributed by atoms with van der Waals surface area (Å²) in [5, 5.41) is 0. The van der Waals surface area contributed by atoms with Gasteiger partial charge in [0.25, 0.3) is 5.91 Å². The van der Waals surface area contributed by atoms with Crippen molar-refractivity contribution >= 4 is 5.91 Å². The molecule has 1 heterocycles. The number of ether oxygens (including phenoxy) is 1. The first-order valence-corrected chi connectivity index (χ1v) is 9.60. The van der Waals surface area contributed by atoms with Crippen molar-refractivity contribution in [2.24, 2.45) is 0 Å². The second-order valence-corrected chi connectivity index (χ2v) is 7.30. The number of aryl methyl sites for hydroxylation is 1. The molecule has 2 aromatic carbocycles. The maximum Gasteiger partial charge on any atom is 0.416 e. The van der Waals surface area contributed by atoms with E-state index < -0.39 is 11.7 Å². The lowest BCUT2D eigenvalue weighted by atomic mass is 10.1. The third-order valence-electron chi connectivity index (χ3n) is 5.22. The molecule has 0 saturated carbocycles. The van der Waals surface area contributed by atoms with E-state index in [2.05, 4.69) is 4.90 Å². The summed E-state index contributed by atoms with van der Waals surface area (Å²) in [5.74, 6) is 0.661. The van der Waals surface area contributed by atoms with Crippen molar-refractivity contribution in [2.45, 2.75) is 26.1 Å². The molecular formula is C22H25F3N2O2. The highest BCUT2D eigenvalue weighted by atomic mass is 19.4. The van der Waals surface area contributed by atoms with Crippen LogP contribution in [0.4, 0.5) is 13.2 Å². The maximum atomic E-state index is 12.9. The molecule has 0 aromatic heterocycles. The minimum Gasteiger partial charge on any atom is -0.496 e. The number of amides is 1. The summed E-state index contributed by atoms with van der Waals surface area (Å²) in [5.41, 5.74) is 1.77. The average molecular weight is 406 g/mol. The third-order valence-corrected chi connectivity index (χ3v) is 5.22. The predicted molar refractivity (Wildman–Crippen MR) is 105 cm³/mol. The lowest BCUT2D eigenvalue weighted by molar-refractivity contribution is -0.137. The van der Waals surface area contributed by atoms with Gasteiger partial charge in [0.2, 0.25) is 0 Å². The van der Waals surface area contributed by atoms with Crippen LogP contribution < -0.4 is 4.74 Å². The molecule has 1 amide bonds. The maximum absolute atomic E-state index is 12.9. The number of rotatable bonds is 4. The van der Waals surface area contributed by atoms with Crippen LogP contribution in [0.2, 0.25) is 0 Å². The highest BCUT2D eigenvalue weighted by Gasteiger charge is 2.30. The molecule has 0 spiro atoms. The van der Waals surface area contributed by atoms with Crippen LogP contribution in [0.3, 0.4) is 0 Å². The van der Waals surface area contributed by atoms with Gasteiger partial charge in [-0.2, -0.15) is 13.2 Å². The first-order chi connectivity index (χ1) is 13.8. The first kappa shape index (κ1) is 21.2. The van der Waals surface area contributed by atoms with Gasteiger partial charge < -0.3 is 9.64 Å². The van der Waals surface area contributed by atoms with E-state index in [0.29, 0.717) is 37.5 Å². The van der Waals surface area contributed by atoms with Crippen LogP contribution in [0, 0.1) is 6.92 Å².